The Morgan fingerprint density at radius 3 is 2.76 bits per heavy atom. The fourth-order valence-corrected chi connectivity index (χ4v) is 3.05. The van der Waals surface area contributed by atoms with Crippen LogP contribution in [0.3, 0.4) is 0 Å². The predicted molar refractivity (Wildman–Crippen MR) is 86.3 cm³/mol. The first-order valence-electron chi connectivity index (χ1n) is 7.25. The lowest BCUT2D eigenvalue weighted by molar-refractivity contribution is 0.0364. The van der Waals surface area contributed by atoms with Gasteiger partial charge in [-0.1, -0.05) is 11.6 Å². The van der Waals surface area contributed by atoms with E-state index in [2.05, 4.69) is 14.5 Å². The van der Waals surface area contributed by atoms with E-state index in [1.807, 2.05) is 25.1 Å². The molecule has 1 atom stereocenters. The number of ether oxygens (including phenoxy) is 1. The number of morpholine rings is 1. The predicted octanol–water partition coefficient (Wildman–Crippen LogP) is 3.32. The molecule has 114 valence electrons. The van der Waals surface area contributed by atoms with E-state index >= 15 is 0 Å². The lowest BCUT2D eigenvalue weighted by Gasteiger charge is -2.27. The fraction of sp³-hybridized carbons (Fsp3) is 0.533. The average Bonchev–Trinajstić information content (AvgIpc) is 2.84. The number of imidazole rings is 1. The zero-order valence-corrected chi connectivity index (χ0v) is 13.6. The van der Waals surface area contributed by atoms with Crippen molar-refractivity contribution in [3.63, 3.8) is 0 Å². The highest BCUT2D eigenvalue weighted by Gasteiger charge is 2.17. The van der Waals surface area contributed by atoms with Gasteiger partial charge < -0.3 is 9.30 Å². The molecule has 0 bridgehead atoms. The number of aromatic nitrogens is 2. The molecule has 0 saturated carbocycles. The number of fused-ring (bicyclic) bond motifs is 1. The van der Waals surface area contributed by atoms with Crippen LogP contribution in [0.4, 0.5) is 0 Å². The van der Waals surface area contributed by atoms with Crippen molar-refractivity contribution in [2.75, 3.05) is 32.8 Å². The van der Waals surface area contributed by atoms with Crippen LogP contribution < -0.4 is 0 Å². The summed E-state index contributed by atoms with van der Waals surface area (Å²) < 4.78 is 7.57. The van der Waals surface area contributed by atoms with Gasteiger partial charge in [-0.2, -0.15) is 0 Å². The first-order valence-corrected chi connectivity index (χ1v) is 8.06. The summed E-state index contributed by atoms with van der Waals surface area (Å²) in [5.74, 6) is 0.905. The zero-order chi connectivity index (χ0) is 14.8. The Labute approximate surface area is 134 Å². The third-order valence-electron chi connectivity index (χ3n) is 3.84. The Morgan fingerprint density at radius 1 is 1.29 bits per heavy atom. The average molecular weight is 328 g/mol. The van der Waals surface area contributed by atoms with E-state index in [0.717, 1.165) is 61.3 Å². The minimum Gasteiger partial charge on any atom is -0.379 e. The number of hydrogen-bond donors (Lipinski definition) is 0. The summed E-state index contributed by atoms with van der Waals surface area (Å²) in [5, 5.41) is 0.602. The summed E-state index contributed by atoms with van der Waals surface area (Å²) in [7, 11) is 0. The molecule has 2 heterocycles. The monoisotopic (exact) mass is 327 g/mol. The second kappa shape index (κ2) is 6.53. The third kappa shape index (κ3) is 3.34. The molecular formula is C15H19Cl2N3O. The zero-order valence-electron chi connectivity index (χ0n) is 12.1. The van der Waals surface area contributed by atoms with Gasteiger partial charge in [-0.05, 0) is 25.1 Å². The van der Waals surface area contributed by atoms with Gasteiger partial charge >= 0.3 is 0 Å². The van der Waals surface area contributed by atoms with E-state index in [0.29, 0.717) is 0 Å². The van der Waals surface area contributed by atoms with Crippen LogP contribution in [0.2, 0.25) is 5.02 Å². The van der Waals surface area contributed by atoms with Crippen LogP contribution in [0, 0.1) is 0 Å². The third-order valence-corrected chi connectivity index (χ3v) is 4.27. The summed E-state index contributed by atoms with van der Waals surface area (Å²) >= 11 is 12.4. The van der Waals surface area contributed by atoms with Crippen molar-refractivity contribution in [1.29, 1.82) is 0 Å². The molecule has 1 aromatic heterocycles. The molecule has 1 aromatic carbocycles. The van der Waals surface area contributed by atoms with Crippen molar-refractivity contribution in [1.82, 2.24) is 14.5 Å². The number of halogens is 2. The number of benzene rings is 1. The number of nitrogens with zero attached hydrogens (tertiary/aromatic N) is 3. The maximum Gasteiger partial charge on any atom is 0.127 e. The largest absolute Gasteiger partial charge is 0.379 e. The van der Waals surface area contributed by atoms with Crippen molar-refractivity contribution in [2.45, 2.75) is 18.8 Å². The van der Waals surface area contributed by atoms with E-state index in [1.165, 1.54) is 0 Å². The summed E-state index contributed by atoms with van der Waals surface area (Å²) in [6.07, 6.45) is 0. The van der Waals surface area contributed by atoms with E-state index < -0.39 is 0 Å². The van der Waals surface area contributed by atoms with Gasteiger partial charge in [0, 0.05) is 31.2 Å². The highest BCUT2D eigenvalue weighted by Crippen LogP contribution is 2.26. The van der Waals surface area contributed by atoms with E-state index in [-0.39, 0.29) is 5.38 Å². The molecule has 1 unspecified atom stereocenters. The molecule has 0 spiro atoms. The molecule has 1 aliphatic heterocycles. The fourth-order valence-electron chi connectivity index (χ4n) is 2.72. The van der Waals surface area contributed by atoms with Crippen molar-refractivity contribution in [3.8, 4) is 0 Å². The summed E-state index contributed by atoms with van der Waals surface area (Å²) in [6, 6.07) is 5.78. The van der Waals surface area contributed by atoms with Crippen molar-refractivity contribution in [3.05, 3.63) is 29.0 Å². The molecule has 1 aliphatic rings. The Morgan fingerprint density at radius 2 is 2.05 bits per heavy atom. The van der Waals surface area contributed by atoms with Crippen LogP contribution in [0.25, 0.3) is 11.0 Å². The lowest BCUT2D eigenvalue weighted by Crippen LogP contribution is -2.38. The minimum absolute atomic E-state index is 0.124. The Kier molecular flexibility index (Phi) is 4.69. The smallest absolute Gasteiger partial charge is 0.127 e. The number of alkyl halides is 1. The normalized spacial score (nSPS) is 18.2. The topological polar surface area (TPSA) is 30.3 Å². The molecule has 0 N–H and O–H groups in total. The second-order valence-electron chi connectivity index (χ2n) is 5.32. The molecule has 4 nitrogen and oxygen atoms in total. The van der Waals surface area contributed by atoms with Crippen LogP contribution in [0.1, 0.15) is 18.1 Å². The van der Waals surface area contributed by atoms with Crippen molar-refractivity contribution < 1.29 is 4.74 Å². The van der Waals surface area contributed by atoms with Gasteiger partial charge in [0.2, 0.25) is 0 Å². The Hall–Kier alpha value is -0.810. The molecular weight excluding hydrogens is 309 g/mol. The Balaban J connectivity index is 1.87. The second-order valence-corrected chi connectivity index (χ2v) is 6.42. The summed E-state index contributed by atoms with van der Waals surface area (Å²) in [6.45, 7) is 7.39. The van der Waals surface area contributed by atoms with E-state index in [1.54, 1.807) is 0 Å². The maximum atomic E-state index is 6.29. The number of rotatable bonds is 4. The standard InChI is InChI=1S/C15H19Cl2N3O/c1-11(16)15-18-13-3-2-12(17)10-14(13)20(15)5-4-19-6-8-21-9-7-19/h2-3,10-11H,4-9H2,1H3. The van der Waals surface area contributed by atoms with Gasteiger partial charge in [0.25, 0.3) is 0 Å². The molecule has 0 aliphatic carbocycles. The van der Waals surface area contributed by atoms with Crippen LogP contribution >= 0.6 is 23.2 Å². The molecule has 0 amide bonds. The van der Waals surface area contributed by atoms with E-state index in [9.17, 15) is 0 Å². The molecule has 2 aromatic rings. The van der Waals surface area contributed by atoms with Gasteiger partial charge in [-0.3, -0.25) is 4.90 Å². The number of hydrogen-bond acceptors (Lipinski definition) is 3. The quantitative estimate of drug-likeness (QED) is 0.807. The van der Waals surface area contributed by atoms with Crippen LogP contribution in [-0.4, -0.2) is 47.3 Å². The van der Waals surface area contributed by atoms with Crippen LogP contribution in [0.5, 0.6) is 0 Å². The van der Waals surface area contributed by atoms with Gasteiger partial charge in [0.1, 0.15) is 5.82 Å². The van der Waals surface area contributed by atoms with Crippen LogP contribution in [-0.2, 0) is 11.3 Å². The first kappa shape index (κ1) is 15.1. The lowest BCUT2D eigenvalue weighted by atomic mass is 10.3. The van der Waals surface area contributed by atoms with E-state index in [4.69, 9.17) is 27.9 Å². The van der Waals surface area contributed by atoms with Crippen LogP contribution in [0.15, 0.2) is 18.2 Å². The van der Waals surface area contributed by atoms with Crippen molar-refractivity contribution in [2.24, 2.45) is 0 Å². The summed E-state index contributed by atoms with van der Waals surface area (Å²) in [4.78, 5) is 7.05. The van der Waals surface area contributed by atoms with Gasteiger partial charge in [-0.25, -0.2) is 4.98 Å². The molecule has 21 heavy (non-hydrogen) atoms. The van der Waals surface area contributed by atoms with Gasteiger partial charge in [-0.15, -0.1) is 11.6 Å². The van der Waals surface area contributed by atoms with Crippen molar-refractivity contribution >= 4 is 34.2 Å². The molecule has 1 saturated heterocycles. The molecule has 3 rings (SSSR count). The van der Waals surface area contributed by atoms with Gasteiger partial charge in [0.15, 0.2) is 0 Å². The molecule has 1 fully saturated rings. The SMILES string of the molecule is CC(Cl)c1nc2ccc(Cl)cc2n1CCN1CCOCC1. The highest BCUT2D eigenvalue weighted by atomic mass is 35.5. The molecule has 6 heteroatoms. The Bertz CT molecular complexity index is 621. The maximum absolute atomic E-state index is 6.29. The summed E-state index contributed by atoms with van der Waals surface area (Å²) in [5.41, 5.74) is 2.00. The van der Waals surface area contributed by atoms with Gasteiger partial charge in [0.05, 0.1) is 29.6 Å². The highest BCUT2D eigenvalue weighted by molar-refractivity contribution is 6.31. The molecule has 0 radical (unpaired) electrons. The first-order chi connectivity index (χ1) is 10.1. The minimum atomic E-state index is -0.124.